The van der Waals surface area contributed by atoms with Crippen LogP contribution in [-0.4, -0.2) is 21.6 Å². The van der Waals surface area contributed by atoms with Gasteiger partial charge < -0.3 is 19.7 Å². The number of nitrogens with zero attached hydrogens (tertiary/aromatic N) is 1. The van der Waals surface area contributed by atoms with Gasteiger partial charge in [0, 0.05) is 17.1 Å². The summed E-state index contributed by atoms with van der Waals surface area (Å²) < 4.78 is 7.65. The molecule has 0 bridgehead atoms. The third-order valence-corrected chi connectivity index (χ3v) is 4.99. The van der Waals surface area contributed by atoms with Gasteiger partial charge in [-0.25, -0.2) is 4.79 Å². The summed E-state index contributed by atoms with van der Waals surface area (Å²) in [4.78, 5) is 24.2. The van der Waals surface area contributed by atoms with Gasteiger partial charge in [-0.3, -0.25) is 4.79 Å². The van der Waals surface area contributed by atoms with E-state index in [1.807, 2.05) is 60.8 Å². The molecular formula is C25H22N2O4. The summed E-state index contributed by atoms with van der Waals surface area (Å²) in [6.07, 6.45) is 1.81. The molecule has 0 saturated heterocycles. The third-order valence-electron chi connectivity index (χ3n) is 4.99. The van der Waals surface area contributed by atoms with Crippen LogP contribution in [0.1, 0.15) is 17.2 Å². The van der Waals surface area contributed by atoms with Gasteiger partial charge in [0.25, 0.3) is 0 Å². The molecule has 6 nitrogen and oxygen atoms in total. The average Bonchev–Trinajstić information content (AvgIpc) is 3.19. The van der Waals surface area contributed by atoms with E-state index >= 15 is 0 Å². The number of ether oxygens (including phenoxy) is 1. The van der Waals surface area contributed by atoms with Crippen molar-refractivity contribution in [2.75, 3.05) is 0 Å². The molecule has 4 aromatic rings. The van der Waals surface area contributed by atoms with Crippen molar-refractivity contribution in [3.05, 3.63) is 102 Å². The number of nitrogens with one attached hydrogen (secondary N) is 1. The van der Waals surface area contributed by atoms with E-state index in [1.165, 1.54) is 0 Å². The third kappa shape index (κ3) is 4.93. The van der Waals surface area contributed by atoms with Crippen molar-refractivity contribution < 1.29 is 19.4 Å². The zero-order valence-corrected chi connectivity index (χ0v) is 16.8. The molecule has 0 saturated carbocycles. The van der Waals surface area contributed by atoms with Crippen LogP contribution in [0.3, 0.4) is 0 Å². The molecule has 0 aliphatic heterocycles. The Balaban J connectivity index is 1.43. The van der Waals surface area contributed by atoms with E-state index in [0.717, 1.165) is 22.2 Å². The Bertz CT molecular complexity index is 1190. The molecule has 1 atom stereocenters. The van der Waals surface area contributed by atoms with Crippen molar-refractivity contribution in [1.82, 2.24) is 9.88 Å². The van der Waals surface area contributed by atoms with Gasteiger partial charge in [0.2, 0.25) is 5.91 Å². The molecule has 0 radical (unpaired) electrons. The molecular weight excluding hydrogens is 392 g/mol. The Morgan fingerprint density at radius 1 is 0.935 bits per heavy atom. The second kappa shape index (κ2) is 9.17. The number of amides is 1. The Morgan fingerprint density at radius 3 is 2.35 bits per heavy atom. The zero-order valence-electron chi connectivity index (χ0n) is 16.8. The lowest BCUT2D eigenvalue weighted by molar-refractivity contribution is -0.142. The van der Waals surface area contributed by atoms with E-state index in [9.17, 15) is 14.7 Å². The Morgan fingerprint density at radius 2 is 1.65 bits per heavy atom. The number of hydrogen-bond acceptors (Lipinski definition) is 3. The second-order valence-electron chi connectivity index (χ2n) is 7.19. The maximum Gasteiger partial charge on any atom is 0.330 e. The maximum absolute atomic E-state index is 12.5. The molecule has 1 heterocycles. The fourth-order valence-corrected chi connectivity index (χ4v) is 3.44. The van der Waals surface area contributed by atoms with Gasteiger partial charge in [-0.1, -0.05) is 60.7 Å². The highest BCUT2D eigenvalue weighted by Crippen LogP contribution is 2.23. The van der Waals surface area contributed by atoms with Crippen molar-refractivity contribution in [1.29, 1.82) is 0 Å². The van der Waals surface area contributed by atoms with Crippen molar-refractivity contribution in [2.45, 2.75) is 19.2 Å². The topological polar surface area (TPSA) is 80.6 Å². The largest absolute Gasteiger partial charge is 0.489 e. The fourth-order valence-electron chi connectivity index (χ4n) is 3.44. The lowest BCUT2D eigenvalue weighted by Crippen LogP contribution is -2.35. The fraction of sp³-hybridized carbons (Fsp3) is 0.120. The Hall–Kier alpha value is -4.06. The minimum atomic E-state index is -1.10. The van der Waals surface area contributed by atoms with Gasteiger partial charge in [0.15, 0.2) is 6.04 Å². The van der Waals surface area contributed by atoms with Gasteiger partial charge in [0.05, 0.1) is 0 Å². The van der Waals surface area contributed by atoms with Crippen LogP contribution in [0.5, 0.6) is 5.75 Å². The lowest BCUT2D eigenvalue weighted by Gasteiger charge is -2.15. The molecule has 31 heavy (non-hydrogen) atoms. The summed E-state index contributed by atoms with van der Waals surface area (Å²) in [6.45, 7) is 0.496. The minimum absolute atomic E-state index is 0.0182. The highest BCUT2D eigenvalue weighted by molar-refractivity contribution is 5.87. The van der Waals surface area contributed by atoms with Crippen LogP contribution in [0.2, 0.25) is 0 Å². The molecule has 1 aromatic heterocycles. The second-order valence-corrected chi connectivity index (χ2v) is 7.19. The van der Waals surface area contributed by atoms with Crippen LogP contribution >= 0.6 is 0 Å². The molecule has 4 rings (SSSR count). The van der Waals surface area contributed by atoms with Crippen LogP contribution in [0.25, 0.3) is 10.9 Å². The first kappa shape index (κ1) is 20.2. The number of benzene rings is 3. The molecule has 2 N–H and O–H groups in total. The zero-order chi connectivity index (χ0) is 21.6. The van der Waals surface area contributed by atoms with E-state index in [-0.39, 0.29) is 12.5 Å². The Kier molecular flexibility index (Phi) is 5.98. The molecule has 0 fully saturated rings. The van der Waals surface area contributed by atoms with E-state index in [4.69, 9.17) is 4.74 Å². The summed E-state index contributed by atoms with van der Waals surface area (Å²) in [5, 5.41) is 13.0. The first-order valence-electron chi connectivity index (χ1n) is 9.93. The van der Waals surface area contributed by atoms with Crippen LogP contribution in [0.15, 0.2) is 91.1 Å². The molecule has 1 amide bonds. The average molecular weight is 414 g/mol. The summed E-state index contributed by atoms with van der Waals surface area (Å²) in [5.41, 5.74) is 2.48. The normalized spacial score (nSPS) is 11.7. The van der Waals surface area contributed by atoms with Gasteiger partial charge in [0.1, 0.15) is 18.9 Å². The predicted molar refractivity (Wildman–Crippen MR) is 118 cm³/mol. The first-order chi connectivity index (χ1) is 15.1. The van der Waals surface area contributed by atoms with Gasteiger partial charge in [-0.15, -0.1) is 0 Å². The number of carbonyl (C=O) groups is 2. The quantitative estimate of drug-likeness (QED) is 0.454. The molecule has 6 heteroatoms. The van der Waals surface area contributed by atoms with Crippen LogP contribution in [-0.2, 0) is 22.7 Å². The van der Waals surface area contributed by atoms with E-state index in [1.54, 1.807) is 34.9 Å². The monoisotopic (exact) mass is 414 g/mol. The first-order valence-corrected chi connectivity index (χ1v) is 9.93. The number of carbonyl (C=O) groups excluding carboxylic acids is 1. The van der Waals surface area contributed by atoms with Crippen LogP contribution < -0.4 is 10.1 Å². The van der Waals surface area contributed by atoms with Gasteiger partial charge in [-0.05, 0) is 35.4 Å². The summed E-state index contributed by atoms with van der Waals surface area (Å²) in [6, 6.07) is 25.1. The molecule has 0 aliphatic carbocycles. The van der Waals surface area contributed by atoms with Crippen molar-refractivity contribution in [2.24, 2.45) is 0 Å². The number of aromatic nitrogens is 1. The van der Waals surface area contributed by atoms with Crippen molar-refractivity contribution >= 4 is 22.8 Å². The summed E-state index contributed by atoms with van der Waals surface area (Å²) in [5.74, 6) is -0.733. The number of rotatable bonds is 8. The predicted octanol–water partition coefficient (Wildman–Crippen LogP) is 4.16. The molecule has 3 aromatic carbocycles. The van der Waals surface area contributed by atoms with Gasteiger partial charge >= 0.3 is 5.97 Å². The molecule has 156 valence electrons. The Labute approximate surface area is 179 Å². The van der Waals surface area contributed by atoms with E-state index < -0.39 is 12.0 Å². The molecule has 1 unspecified atom stereocenters. The van der Waals surface area contributed by atoms with Crippen LogP contribution in [0, 0.1) is 0 Å². The number of carboxylic acids is 1. The summed E-state index contributed by atoms with van der Waals surface area (Å²) in [7, 11) is 0. The number of carboxylic acid groups (broad SMARTS) is 1. The maximum atomic E-state index is 12.5. The number of hydrogen-bond donors (Lipinski definition) is 2. The summed E-state index contributed by atoms with van der Waals surface area (Å²) >= 11 is 0. The van der Waals surface area contributed by atoms with Crippen molar-refractivity contribution in [3.63, 3.8) is 0 Å². The van der Waals surface area contributed by atoms with Gasteiger partial charge in [-0.2, -0.15) is 0 Å². The van der Waals surface area contributed by atoms with E-state index in [0.29, 0.717) is 12.2 Å². The highest BCUT2D eigenvalue weighted by atomic mass is 16.5. The molecule has 0 spiro atoms. The number of aliphatic carboxylic acids is 1. The SMILES string of the molecule is O=C(Cn1ccc2cc(OCc3ccccc3)ccc21)NC(C(=O)O)c1ccccc1. The van der Waals surface area contributed by atoms with E-state index in [2.05, 4.69) is 5.32 Å². The standard InChI is InChI=1S/C25H22N2O4/c28-23(26-24(25(29)30)19-9-5-2-6-10-19)16-27-14-13-20-15-21(11-12-22(20)27)31-17-18-7-3-1-4-8-18/h1-15,24H,16-17H2,(H,26,28)(H,29,30). The minimum Gasteiger partial charge on any atom is -0.489 e. The lowest BCUT2D eigenvalue weighted by atomic mass is 10.1. The number of fused-ring (bicyclic) bond motifs is 1. The van der Waals surface area contributed by atoms with Crippen LogP contribution in [0.4, 0.5) is 0 Å². The smallest absolute Gasteiger partial charge is 0.330 e. The molecule has 0 aliphatic rings. The highest BCUT2D eigenvalue weighted by Gasteiger charge is 2.22. The van der Waals surface area contributed by atoms with Crippen molar-refractivity contribution in [3.8, 4) is 5.75 Å².